The molecule has 1 aromatic rings. The molecule has 0 aliphatic carbocycles. The largest absolute Gasteiger partial charge is 0.462 e. The summed E-state index contributed by atoms with van der Waals surface area (Å²) in [5, 5.41) is 0. The molecule has 0 aromatic heterocycles. The summed E-state index contributed by atoms with van der Waals surface area (Å²) in [6.07, 6.45) is 0.611. The Morgan fingerprint density at radius 3 is 2.21 bits per heavy atom. The summed E-state index contributed by atoms with van der Waals surface area (Å²) < 4.78 is 15.4. The Morgan fingerprint density at radius 1 is 1.16 bits per heavy atom. The molecule has 0 unspecified atom stereocenters. The highest BCUT2D eigenvalue weighted by Crippen LogP contribution is 2.16. The van der Waals surface area contributed by atoms with Crippen molar-refractivity contribution in [2.45, 2.75) is 26.6 Å². The number of esters is 1. The smallest absolute Gasteiger partial charge is 0.338 e. The van der Waals surface area contributed by atoms with E-state index in [1.54, 1.807) is 33.3 Å². The minimum Gasteiger partial charge on any atom is -0.462 e. The zero-order valence-electron chi connectivity index (χ0n) is 12.0. The molecule has 0 N–H and O–H groups in total. The molecule has 0 saturated carbocycles. The first-order valence-corrected chi connectivity index (χ1v) is 6.44. The lowest BCUT2D eigenvalue weighted by Gasteiger charge is -2.21. The van der Waals surface area contributed by atoms with Gasteiger partial charge in [0.15, 0.2) is 6.29 Å². The Balaban J connectivity index is 2.64. The lowest BCUT2D eigenvalue weighted by atomic mass is 9.99. The average Bonchev–Trinajstić information content (AvgIpc) is 2.41. The van der Waals surface area contributed by atoms with Gasteiger partial charge in [0.2, 0.25) is 0 Å². The summed E-state index contributed by atoms with van der Waals surface area (Å²) in [5.41, 5.74) is 1.72. The quantitative estimate of drug-likeness (QED) is 0.562. The number of benzene rings is 1. The second-order valence-corrected chi connectivity index (χ2v) is 4.44. The molecular formula is C15H22O4. The standard InChI is InChI=1S/C15H22O4/c1-5-19-14(16)13-8-6-12(7-9-13)10-11(2)15(17-3)18-4/h6-9,11,15H,5,10H2,1-4H3/t11-/m1/s1. The second-order valence-electron chi connectivity index (χ2n) is 4.44. The van der Waals surface area contributed by atoms with E-state index < -0.39 is 0 Å². The minimum absolute atomic E-state index is 0.218. The van der Waals surface area contributed by atoms with E-state index in [1.165, 1.54) is 0 Å². The number of methoxy groups -OCH3 is 2. The van der Waals surface area contributed by atoms with Crippen LogP contribution in [0.3, 0.4) is 0 Å². The van der Waals surface area contributed by atoms with Crippen molar-refractivity contribution in [3.05, 3.63) is 35.4 Å². The minimum atomic E-state index is -0.284. The molecule has 0 radical (unpaired) electrons. The van der Waals surface area contributed by atoms with Crippen molar-refractivity contribution < 1.29 is 19.0 Å². The van der Waals surface area contributed by atoms with E-state index >= 15 is 0 Å². The van der Waals surface area contributed by atoms with Crippen LogP contribution in [0.15, 0.2) is 24.3 Å². The highest BCUT2D eigenvalue weighted by molar-refractivity contribution is 5.89. The summed E-state index contributed by atoms with van der Waals surface area (Å²) in [6, 6.07) is 7.44. The van der Waals surface area contributed by atoms with Crippen LogP contribution in [0, 0.1) is 5.92 Å². The maximum atomic E-state index is 11.5. The molecule has 1 aromatic carbocycles. The molecule has 0 saturated heterocycles. The molecule has 4 heteroatoms. The summed E-state index contributed by atoms with van der Waals surface area (Å²) in [7, 11) is 3.27. The lowest BCUT2D eigenvalue weighted by molar-refractivity contribution is -0.132. The molecule has 106 valence electrons. The number of ether oxygens (including phenoxy) is 3. The van der Waals surface area contributed by atoms with Gasteiger partial charge in [0.05, 0.1) is 12.2 Å². The molecule has 4 nitrogen and oxygen atoms in total. The fourth-order valence-corrected chi connectivity index (χ4v) is 2.02. The summed E-state index contributed by atoms with van der Waals surface area (Å²) >= 11 is 0. The van der Waals surface area contributed by atoms with Gasteiger partial charge in [0, 0.05) is 20.1 Å². The van der Waals surface area contributed by atoms with Gasteiger partial charge in [0.25, 0.3) is 0 Å². The van der Waals surface area contributed by atoms with Gasteiger partial charge in [-0.3, -0.25) is 0 Å². The highest BCUT2D eigenvalue weighted by Gasteiger charge is 2.16. The van der Waals surface area contributed by atoms with E-state index in [9.17, 15) is 4.79 Å². The van der Waals surface area contributed by atoms with E-state index in [-0.39, 0.29) is 18.2 Å². The van der Waals surface area contributed by atoms with Crippen molar-refractivity contribution >= 4 is 5.97 Å². The third-order valence-corrected chi connectivity index (χ3v) is 2.95. The van der Waals surface area contributed by atoms with Crippen molar-refractivity contribution in [1.29, 1.82) is 0 Å². The Labute approximate surface area is 114 Å². The van der Waals surface area contributed by atoms with Gasteiger partial charge in [-0.05, 0) is 31.0 Å². The third-order valence-electron chi connectivity index (χ3n) is 2.95. The summed E-state index contributed by atoms with van der Waals surface area (Å²) in [6.45, 7) is 4.25. The van der Waals surface area contributed by atoms with Crippen LogP contribution in [0.5, 0.6) is 0 Å². The topological polar surface area (TPSA) is 44.8 Å². The third kappa shape index (κ3) is 4.65. The zero-order valence-corrected chi connectivity index (χ0v) is 12.0. The molecule has 0 fully saturated rings. The Kier molecular flexibility index (Phi) is 6.53. The number of carbonyl (C=O) groups is 1. The molecule has 0 amide bonds. The van der Waals surface area contributed by atoms with Crippen molar-refractivity contribution in [2.75, 3.05) is 20.8 Å². The number of carbonyl (C=O) groups excluding carboxylic acids is 1. The van der Waals surface area contributed by atoms with Crippen molar-refractivity contribution in [3.63, 3.8) is 0 Å². The molecule has 0 aliphatic rings. The molecular weight excluding hydrogens is 244 g/mol. The fraction of sp³-hybridized carbons (Fsp3) is 0.533. The van der Waals surface area contributed by atoms with Crippen molar-refractivity contribution in [3.8, 4) is 0 Å². The summed E-state index contributed by atoms with van der Waals surface area (Å²) in [4.78, 5) is 11.5. The monoisotopic (exact) mass is 266 g/mol. The Morgan fingerprint density at radius 2 is 1.74 bits per heavy atom. The first-order valence-electron chi connectivity index (χ1n) is 6.44. The average molecular weight is 266 g/mol. The van der Waals surface area contributed by atoms with E-state index in [4.69, 9.17) is 14.2 Å². The predicted octanol–water partition coefficient (Wildman–Crippen LogP) is 2.66. The molecule has 0 spiro atoms. The Bertz CT molecular complexity index is 382. The highest BCUT2D eigenvalue weighted by atomic mass is 16.7. The number of hydrogen-bond donors (Lipinski definition) is 0. The fourth-order valence-electron chi connectivity index (χ4n) is 2.02. The summed E-state index contributed by atoms with van der Waals surface area (Å²) in [5.74, 6) is -0.0443. The van der Waals surface area contributed by atoms with Crippen molar-refractivity contribution in [1.82, 2.24) is 0 Å². The normalized spacial score (nSPS) is 12.5. The number of rotatable bonds is 7. The van der Waals surface area contributed by atoms with Gasteiger partial charge in [-0.1, -0.05) is 19.1 Å². The van der Waals surface area contributed by atoms with Gasteiger partial charge in [-0.2, -0.15) is 0 Å². The first kappa shape index (κ1) is 15.7. The van der Waals surface area contributed by atoms with Crippen LogP contribution in [-0.2, 0) is 20.6 Å². The maximum Gasteiger partial charge on any atom is 0.338 e. The van der Waals surface area contributed by atoms with Crippen LogP contribution in [0.4, 0.5) is 0 Å². The van der Waals surface area contributed by atoms with E-state index in [0.29, 0.717) is 12.2 Å². The van der Waals surface area contributed by atoms with Gasteiger partial charge >= 0.3 is 5.97 Å². The van der Waals surface area contributed by atoms with Gasteiger partial charge in [0.1, 0.15) is 0 Å². The predicted molar refractivity (Wildman–Crippen MR) is 73.1 cm³/mol. The van der Waals surface area contributed by atoms with Gasteiger partial charge < -0.3 is 14.2 Å². The molecule has 1 rings (SSSR count). The molecule has 19 heavy (non-hydrogen) atoms. The number of hydrogen-bond acceptors (Lipinski definition) is 4. The van der Waals surface area contributed by atoms with Gasteiger partial charge in [-0.25, -0.2) is 4.79 Å². The van der Waals surface area contributed by atoms with Crippen LogP contribution in [0.1, 0.15) is 29.8 Å². The van der Waals surface area contributed by atoms with E-state index in [1.807, 2.05) is 12.1 Å². The van der Waals surface area contributed by atoms with Gasteiger partial charge in [-0.15, -0.1) is 0 Å². The van der Waals surface area contributed by atoms with E-state index in [2.05, 4.69) is 6.92 Å². The van der Waals surface area contributed by atoms with E-state index in [0.717, 1.165) is 12.0 Å². The zero-order chi connectivity index (χ0) is 14.3. The van der Waals surface area contributed by atoms with Crippen LogP contribution >= 0.6 is 0 Å². The molecule has 1 atom stereocenters. The van der Waals surface area contributed by atoms with Crippen LogP contribution < -0.4 is 0 Å². The van der Waals surface area contributed by atoms with Crippen LogP contribution in [-0.4, -0.2) is 33.1 Å². The molecule has 0 bridgehead atoms. The molecule has 0 heterocycles. The second kappa shape index (κ2) is 7.92. The lowest BCUT2D eigenvalue weighted by Crippen LogP contribution is -2.24. The Hall–Kier alpha value is -1.39. The van der Waals surface area contributed by atoms with Crippen LogP contribution in [0.25, 0.3) is 0 Å². The SMILES string of the molecule is CCOC(=O)c1ccc(C[C@@H](C)C(OC)OC)cc1. The molecule has 0 aliphatic heterocycles. The van der Waals surface area contributed by atoms with Crippen molar-refractivity contribution in [2.24, 2.45) is 5.92 Å². The first-order chi connectivity index (χ1) is 9.12. The maximum absolute atomic E-state index is 11.5. The van der Waals surface area contributed by atoms with Crippen LogP contribution in [0.2, 0.25) is 0 Å².